The van der Waals surface area contributed by atoms with E-state index in [0.717, 1.165) is 31.6 Å². The first-order chi connectivity index (χ1) is 13.6. The number of carbonyl (C=O) groups is 2. The molecule has 1 heterocycles. The summed E-state index contributed by atoms with van der Waals surface area (Å²) in [7, 11) is 0. The maximum atomic E-state index is 13.1. The molecular formula is C22H28N4O2. The van der Waals surface area contributed by atoms with Crippen LogP contribution in [0, 0.1) is 0 Å². The summed E-state index contributed by atoms with van der Waals surface area (Å²) < 4.78 is 0. The van der Waals surface area contributed by atoms with Gasteiger partial charge in [0.25, 0.3) is 5.91 Å². The van der Waals surface area contributed by atoms with Crippen molar-refractivity contribution >= 4 is 29.0 Å². The van der Waals surface area contributed by atoms with Crippen LogP contribution in [0.4, 0.5) is 21.9 Å². The van der Waals surface area contributed by atoms with Crippen molar-refractivity contribution in [2.24, 2.45) is 0 Å². The maximum Gasteiger partial charge on any atom is 0.323 e. The molecule has 2 N–H and O–H groups in total. The van der Waals surface area contributed by atoms with Crippen molar-refractivity contribution in [1.82, 2.24) is 4.90 Å². The largest absolute Gasteiger partial charge is 0.371 e. The van der Waals surface area contributed by atoms with Crippen LogP contribution in [0.2, 0.25) is 0 Å². The Morgan fingerprint density at radius 2 is 1.57 bits per heavy atom. The number of nitrogens with one attached hydrogen (secondary N) is 2. The lowest BCUT2D eigenvalue weighted by molar-refractivity contribution is 0.0773. The zero-order chi connectivity index (χ0) is 19.9. The molecule has 148 valence electrons. The van der Waals surface area contributed by atoms with Gasteiger partial charge in [-0.15, -0.1) is 0 Å². The Kier molecular flexibility index (Phi) is 6.53. The van der Waals surface area contributed by atoms with Gasteiger partial charge in [0.2, 0.25) is 0 Å². The molecule has 2 aromatic rings. The molecule has 6 heteroatoms. The van der Waals surface area contributed by atoms with Crippen LogP contribution in [0.25, 0.3) is 0 Å². The van der Waals surface area contributed by atoms with Gasteiger partial charge in [-0.25, -0.2) is 4.79 Å². The predicted molar refractivity (Wildman–Crippen MR) is 114 cm³/mol. The van der Waals surface area contributed by atoms with E-state index in [1.807, 2.05) is 61.2 Å². The third kappa shape index (κ3) is 4.63. The minimum atomic E-state index is -0.332. The Balaban J connectivity index is 1.83. The lowest BCUT2D eigenvalue weighted by atomic mass is 10.1. The molecule has 1 aliphatic heterocycles. The number of hydrogen-bond donors (Lipinski definition) is 2. The number of nitrogens with zero attached hydrogens (tertiary/aromatic N) is 2. The van der Waals surface area contributed by atoms with E-state index in [4.69, 9.17) is 0 Å². The van der Waals surface area contributed by atoms with E-state index >= 15 is 0 Å². The van der Waals surface area contributed by atoms with E-state index in [1.54, 1.807) is 6.07 Å². The van der Waals surface area contributed by atoms with Crippen LogP contribution < -0.4 is 15.5 Å². The molecule has 2 aromatic carbocycles. The van der Waals surface area contributed by atoms with Crippen LogP contribution in [0.3, 0.4) is 0 Å². The van der Waals surface area contributed by atoms with E-state index in [2.05, 4.69) is 15.5 Å². The fourth-order valence-electron chi connectivity index (χ4n) is 3.51. The first-order valence-electron chi connectivity index (χ1n) is 9.93. The Hall–Kier alpha value is -3.02. The molecule has 0 unspecified atom stereocenters. The zero-order valence-electron chi connectivity index (χ0n) is 16.6. The summed E-state index contributed by atoms with van der Waals surface area (Å²) in [4.78, 5) is 29.5. The molecule has 6 nitrogen and oxygen atoms in total. The summed E-state index contributed by atoms with van der Waals surface area (Å²) in [6.45, 7) is 7.18. The van der Waals surface area contributed by atoms with Crippen LogP contribution in [0.15, 0.2) is 48.5 Å². The summed E-state index contributed by atoms with van der Waals surface area (Å²) in [5.74, 6) is -0.000910. The minimum absolute atomic E-state index is 0.000910. The van der Waals surface area contributed by atoms with Gasteiger partial charge < -0.3 is 20.4 Å². The topological polar surface area (TPSA) is 64.7 Å². The zero-order valence-corrected chi connectivity index (χ0v) is 16.6. The second-order valence-electron chi connectivity index (χ2n) is 6.85. The van der Waals surface area contributed by atoms with Crippen LogP contribution in [0.1, 0.15) is 37.0 Å². The molecule has 1 fully saturated rings. The van der Waals surface area contributed by atoms with Crippen molar-refractivity contribution in [3.05, 3.63) is 54.1 Å². The third-order valence-electron chi connectivity index (χ3n) is 5.01. The van der Waals surface area contributed by atoms with Gasteiger partial charge >= 0.3 is 6.03 Å². The average Bonchev–Trinajstić information content (AvgIpc) is 3.24. The molecule has 3 amide bonds. The molecule has 0 bridgehead atoms. The van der Waals surface area contributed by atoms with Crippen molar-refractivity contribution < 1.29 is 9.59 Å². The molecule has 0 aromatic heterocycles. The van der Waals surface area contributed by atoms with Gasteiger partial charge in [0.05, 0.1) is 5.56 Å². The molecule has 0 saturated carbocycles. The number of rotatable bonds is 6. The second-order valence-corrected chi connectivity index (χ2v) is 6.85. The van der Waals surface area contributed by atoms with Gasteiger partial charge in [-0.2, -0.15) is 0 Å². The molecule has 0 radical (unpaired) electrons. The highest BCUT2D eigenvalue weighted by Gasteiger charge is 2.23. The highest BCUT2D eigenvalue weighted by atomic mass is 16.2. The van der Waals surface area contributed by atoms with Crippen LogP contribution in [0.5, 0.6) is 0 Å². The highest BCUT2D eigenvalue weighted by molar-refractivity contribution is 6.04. The van der Waals surface area contributed by atoms with Crippen LogP contribution >= 0.6 is 0 Å². The van der Waals surface area contributed by atoms with E-state index in [1.165, 1.54) is 0 Å². The van der Waals surface area contributed by atoms with Gasteiger partial charge in [0, 0.05) is 43.2 Å². The normalized spacial score (nSPS) is 13.3. The van der Waals surface area contributed by atoms with Crippen molar-refractivity contribution in [2.45, 2.75) is 26.7 Å². The summed E-state index contributed by atoms with van der Waals surface area (Å²) in [6, 6.07) is 14.5. The van der Waals surface area contributed by atoms with E-state index in [9.17, 15) is 9.59 Å². The molecule has 0 aliphatic carbocycles. The van der Waals surface area contributed by atoms with Crippen LogP contribution in [-0.4, -0.2) is 43.0 Å². The van der Waals surface area contributed by atoms with Gasteiger partial charge in [-0.1, -0.05) is 18.2 Å². The van der Waals surface area contributed by atoms with Crippen molar-refractivity contribution in [1.29, 1.82) is 0 Å². The van der Waals surface area contributed by atoms with Gasteiger partial charge in [-0.05, 0) is 57.0 Å². The highest BCUT2D eigenvalue weighted by Crippen LogP contribution is 2.28. The Labute approximate surface area is 166 Å². The first kappa shape index (κ1) is 19.7. The maximum absolute atomic E-state index is 13.1. The smallest absolute Gasteiger partial charge is 0.323 e. The fraction of sp³-hybridized carbons (Fsp3) is 0.364. The quantitative estimate of drug-likeness (QED) is 0.780. The van der Waals surface area contributed by atoms with Crippen molar-refractivity contribution in [2.75, 3.05) is 41.7 Å². The standard InChI is InChI=1S/C22H28N4O2/c1-3-25(4-2)21(27)19-16-18(12-13-20(19)26-14-8-9-15-26)24-22(28)23-17-10-6-5-7-11-17/h5-7,10-13,16H,3-4,8-9,14-15H2,1-2H3,(H2,23,24,28). The monoisotopic (exact) mass is 380 g/mol. The lowest BCUT2D eigenvalue weighted by Crippen LogP contribution is -2.32. The fourth-order valence-corrected chi connectivity index (χ4v) is 3.51. The summed E-state index contributed by atoms with van der Waals surface area (Å²) >= 11 is 0. The van der Waals surface area contributed by atoms with Crippen molar-refractivity contribution in [3.63, 3.8) is 0 Å². The van der Waals surface area contributed by atoms with E-state index in [0.29, 0.717) is 30.0 Å². The Morgan fingerprint density at radius 1 is 0.929 bits per heavy atom. The number of carbonyl (C=O) groups excluding carboxylic acids is 2. The summed E-state index contributed by atoms with van der Waals surface area (Å²) in [5.41, 5.74) is 2.91. The number of para-hydroxylation sites is 1. The lowest BCUT2D eigenvalue weighted by Gasteiger charge is -2.25. The van der Waals surface area contributed by atoms with Crippen molar-refractivity contribution in [3.8, 4) is 0 Å². The first-order valence-corrected chi connectivity index (χ1v) is 9.93. The number of amides is 3. The number of hydrogen-bond acceptors (Lipinski definition) is 3. The molecule has 1 aliphatic rings. The molecule has 28 heavy (non-hydrogen) atoms. The molecular weight excluding hydrogens is 352 g/mol. The number of anilines is 3. The molecule has 1 saturated heterocycles. The minimum Gasteiger partial charge on any atom is -0.371 e. The van der Waals surface area contributed by atoms with Crippen LogP contribution in [-0.2, 0) is 0 Å². The third-order valence-corrected chi connectivity index (χ3v) is 5.01. The predicted octanol–water partition coefficient (Wildman–Crippen LogP) is 4.41. The SMILES string of the molecule is CCN(CC)C(=O)c1cc(NC(=O)Nc2ccccc2)ccc1N1CCCC1. The summed E-state index contributed by atoms with van der Waals surface area (Å²) in [5, 5.41) is 5.64. The Bertz CT molecular complexity index is 813. The van der Waals surface area contributed by atoms with Gasteiger partial charge in [0.1, 0.15) is 0 Å². The second kappa shape index (κ2) is 9.26. The van der Waals surface area contributed by atoms with E-state index in [-0.39, 0.29) is 11.9 Å². The van der Waals surface area contributed by atoms with Gasteiger partial charge in [0.15, 0.2) is 0 Å². The molecule has 0 spiro atoms. The molecule has 3 rings (SSSR count). The average molecular weight is 380 g/mol. The Morgan fingerprint density at radius 3 is 2.21 bits per heavy atom. The molecule has 0 atom stereocenters. The van der Waals surface area contributed by atoms with E-state index < -0.39 is 0 Å². The van der Waals surface area contributed by atoms with Gasteiger partial charge in [-0.3, -0.25) is 4.79 Å². The summed E-state index contributed by atoms with van der Waals surface area (Å²) in [6.07, 6.45) is 2.27. The number of urea groups is 1. The number of benzene rings is 2.